The number of hydrogen-bond acceptors (Lipinski definition) is 2. The van der Waals surface area contributed by atoms with E-state index in [9.17, 15) is 9.59 Å². The van der Waals surface area contributed by atoms with Gasteiger partial charge < -0.3 is 5.11 Å². The molecule has 0 unspecified atom stereocenters. The van der Waals surface area contributed by atoms with Gasteiger partial charge in [0.05, 0.1) is 0 Å². The van der Waals surface area contributed by atoms with Gasteiger partial charge in [0, 0.05) is 6.42 Å². The van der Waals surface area contributed by atoms with Crippen LogP contribution in [0.1, 0.15) is 26.2 Å². The molecule has 0 rings (SSSR count). The number of carboxylic acids is 1. The molecule has 1 N–H and O–H groups in total. The normalized spacial score (nSPS) is 8.10. The van der Waals surface area contributed by atoms with Crippen LogP contribution in [0.15, 0.2) is 0 Å². The molecule has 0 aromatic carbocycles. The number of aliphatic carboxylic acids is 1. The molecule has 4 heteroatoms. The number of carbonyl (C=O) groups excluding carboxylic acids is 1. The molecule has 0 aliphatic rings. The van der Waals surface area contributed by atoms with Crippen molar-refractivity contribution in [1.29, 1.82) is 0 Å². The van der Waals surface area contributed by atoms with E-state index in [0.717, 1.165) is 6.42 Å². The van der Waals surface area contributed by atoms with Crippen molar-refractivity contribution >= 4 is 31.5 Å². The van der Waals surface area contributed by atoms with Crippen LogP contribution in [0, 0.1) is 0 Å². The Hall–Kier alpha value is -0.224. The predicted octanol–water partition coefficient (Wildman–Crippen LogP) is -0.354. The van der Waals surface area contributed by atoms with E-state index in [1.54, 1.807) is 0 Å². The van der Waals surface area contributed by atoms with Crippen molar-refractivity contribution in [3.05, 3.63) is 0 Å². The molecule has 0 fully saturated rings. The first kappa shape index (κ1) is 12.5. The fraction of sp³-hybridized carbons (Fsp3) is 0.667. The Balaban J connectivity index is 0. The second-order valence-corrected chi connectivity index (χ2v) is 1.86. The van der Waals surface area contributed by atoms with Gasteiger partial charge in [-0.1, -0.05) is 6.92 Å². The van der Waals surface area contributed by atoms with Gasteiger partial charge in [0.15, 0.2) is 0 Å². The molecule has 0 spiro atoms. The molecule has 10 heavy (non-hydrogen) atoms. The SMILES string of the molecule is CCCC(=O)CC(=O)O.[GaH3]. The van der Waals surface area contributed by atoms with Crippen LogP contribution in [0.4, 0.5) is 0 Å². The van der Waals surface area contributed by atoms with Crippen molar-refractivity contribution in [1.82, 2.24) is 0 Å². The van der Waals surface area contributed by atoms with E-state index in [-0.39, 0.29) is 32.0 Å². The van der Waals surface area contributed by atoms with Crippen LogP contribution in [0.2, 0.25) is 0 Å². The Kier molecular flexibility index (Phi) is 8.58. The molecule has 0 aromatic heterocycles. The summed E-state index contributed by atoms with van der Waals surface area (Å²) in [4.78, 5) is 20.3. The maximum absolute atomic E-state index is 10.5. The molecule has 0 heterocycles. The zero-order valence-corrected chi connectivity index (χ0v) is 5.39. The van der Waals surface area contributed by atoms with Gasteiger partial charge in [0.1, 0.15) is 12.2 Å². The van der Waals surface area contributed by atoms with Gasteiger partial charge in [-0.2, -0.15) is 0 Å². The summed E-state index contributed by atoms with van der Waals surface area (Å²) < 4.78 is 0. The third kappa shape index (κ3) is 7.78. The quantitative estimate of drug-likeness (QED) is 0.501. The maximum atomic E-state index is 10.5. The van der Waals surface area contributed by atoms with Gasteiger partial charge in [-0.15, -0.1) is 0 Å². The van der Waals surface area contributed by atoms with Gasteiger partial charge in [0.25, 0.3) is 0 Å². The fourth-order valence-corrected chi connectivity index (χ4v) is 0.536. The Bertz CT molecular complexity index is 122. The molecule has 0 radical (unpaired) electrons. The van der Waals surface area contributed by atoms with E-state index in [4.69, 9.17) is 5.11 Å². The molecule has 0 aliphatic heterocycles. The van der Waals surface area contributed by atoms with Crippen LogP contribution < -0.4 is 0 Å². The van der Waals surface area contributed by atoms with Gasteiger partial charge in [-0.3, -0.25) is 9.59 Å². The Morgan fingerprint density at radius 1 is 1.40 bits per heavy atom. The van der Waals surface area contributed by atoms with Crippen LogP contribution in [0.25, 0.3) is 0 Å². The summed E-state index contributed by atoms with van der Waals surface area (Å²) >= 11 is 0. The molecule has 3 nitrogen and oxygen atoms in total. The van der Waals surface area contributed by atoms with Crippen molar-refractivity contribution in [3.63, 3.8) is 0 Å². The van der Waals surface area contributed by atoms with Crippen molar-refractivity contribution in [2.45, 2.75) is 26.2 Å². The van der Waals surface area contributed by atoms with Crippen LogP contribution >= 0.6 is 0 Å². The van der Waals surface area contributed by atoms with E-state index in [0.29, 0.717) is 6.42 Å². The first-order chi connectivity index (χ1) is 4.16. The van der Waals surface area contributed by atoms with Crippen LogP contribution in [0.3, 0.4) is 0 Å². The minimum atomic E-state index is -1.03. The molecule has 0 aliphatic carbocycles. The molecule has 0 aromatic rings. The summed E-state index contributed by atoms with van der Waals surface area (Å²) in [5.74, 6) is -1.22. The van der Waals surface area contributed by atoms with Crippen LogP contribution in [0.5, 0.6) is 0 Å². The van der Waals surface area contributed by atoms with E-state index < -0.39 is 5.97 Å². The second-order valence-electron chi connectivity index (χ2n) is 1.86. The molecule has 0 bridgehead atoms. The summed E-state index contributed by atoms with van der Waals surface area (Å²) in [6.45, 7) is 1.85. The molecular weight excluding hydrogens is 190 g/mol. The number of ketones is 1. The summed E-state index contributed by atoms with van der Waals surface area (Å²) in [7, 11) is 0. The van der Waals surface area contributed by atoms with Crippen molar-refractivity contribution in [3.8, 4) is 0 Å². The first-order valence-electron chi connectivity index (χ1n) is 2.90. The van der Waals surface area contributed by atoms with E-state index in [1.807, 2.05) is 6.92 Å². The predicted molar refractivity (Wildman–Crippen MR) is 42.1 cm³/mol. The number of carbonyl (C=O) groups is 2. The molecule has 0 atom stereocenters. The number of rotatable bonds is 4. The standard InChI is InChI=1S/C6H10O3.Ga.3H/c1-2-3-5(7)4-6(8)9;;;;/h2-4H2,1H3,(H,8,9);;;;. The van der Waals surface area contributed by atoms with Crippen LogP contribution in [-0.4, -0.2) is 36.6 Å². The van der Waals surface area contributed by atoms with Gasteiger partial charge in [-0.25, -0.2) is 0 Å². The summed E-state index contributed by atoms with van der Waals surface area (Å²) in [5, 5.41) is 8.09. The average molecular weight is 203 g/mol. The molecular formula is C6H13GaO3. The van der Waals surface area contributed by atoms with Gasteiger partial charge in [-0.05, 0) is 6.42 Å². The second kappa shape index (κ2) is 6.89. The van der Waals surface area contributed by atoms with E-state index in [1.165, 1.54) is 0 Å². The van der Waals surface area contributed by atoms with Gasteiger partial charge in [0.2, 0.25) is 0 Å². The fourth-order valence-electron chi connectivity index (χ4n) is 0.536. The van der Waals surface area contributed by atoms with Crippen molar-refractivity contribution in [2.75, 3.05) is 0 Å². The number of hydrogen-bond donors (Lipinski definition) is 1. The zero-order valence-electron chi connectivity index (χ0n) is 5.39. The molecule has 0 saturated heterocycles. The summed E-state index contributed by atoms with van der Waals surface area (Å²) in [6.07, 6.45) is 0.784. The monoisotopic (exact) mass is 202 g/mol. The van der Waals surface area contributed by atoms with Gasteiger partial charge >= 0.3 is 25.8 Å². The zero-order chi connectivity index (χ0) is 7.28. The van der Waals surface area contributed by atoms with Crippen molar-refractivity contribution < 1.29 is 14.7 Å². The first-order valence-corrected chi connectivity index (χ1v) is 2.90. The van der Waals surface area contributed by atoms with E-state index in [2.05, 4.69) is 0 Å². The number of Topliss-reactive ketones (excluding diaryl/α,β-unsaturated/α-hetero) is 1. The Morgan fingerprint density at radius 3 is 2.20 bits per heavy atom. The van der Waals surface area contributed by atoms with E-state index >= 15 is 0 Å². The Morgan fingerprint density at radius 2 is 1.90 bits per heavy atom. The summed E-state index contributed by atoms with van der Waals surface area (Å²) in [5.41, 5.74) is 0. The third-order valence-corrected chi connectivity index (χ3v) is 0.877. The molecule has 0 amide bonds. The third-order valence-electron chi connectivity index (χ3n) is 0.877. The topological polar surface area (TPSA) is 54.4 Å². The van der Waals surface area contributed by atoms with Crippen LogP contribution in [-0.2, 0) is 9.59 Å². The van der Waals surface area contributed by atoms with Crippen molar-refractivity contribution in [2.24, 2.45) is 0 Å². The average Bonchev–Trinajstić information content (AvgIpc) is 1.63. The molecule has 58 valence electrons. The Labute approximate surface area is 72.9 Å². The summed E-state index contributed by atoms with van der Waals surface area (Å²) in [6, 6.07) is 0. The number of carboxylic acid groups (broad SMARTS) is 1. The minimum absolute atomic E-state index is 0. The molecule has 0 saturated carbocycles.